The minimum absolute atomic E-state index is 0.337. The van der Waals surface area contributed by atoms with E-state index in [0.29, 0.717) is 31.6 Å². The predicted molar refractivity (Wildman–Crippen MR) is 116 cm³/mol. The third kappa shape index (κ3) is 5.11. The second kappa shape index (κ2) is 9.20. The van der Waals surface area contributed by atoms with Crippen LogP contribution in [0.1, 0.15) is 18.1 Å². The van der Waals surface area contributed by atoms with Crippen molar-refractivity contribution in [2.45, 2.75) is 19.8 Å². The lowest BCUT2D eigenvalue weighted by Crippen LogP contribution is -2.07. The minimum atomic E-state index is -0.401. The number of carbonyl (C=O) groups excluding carboxylic acids is 2. The molecule has 0 bridgehead atoms. The summed E-state index contributed by atoms with van der Waals surface area (Å²) < 4.78 is 10.2. The van der Waals surface area contributed by atoms with E-state index in [4.69, 9.17) is 9.47 Å². The highest BCUT2D eigenvalue weighted by molar-refractivity contribution is 6.07. The Labute approximate surface area is 170 Å². The fourth-order valence-corrected chi connectivity index (χ4v) is 3.19. The molecule has 0 radical (unpaired) electrons. The zero-order valence-corrected chi connectivity index (χ0v) is 16.6. The van der Waals surface area contributed by atoms with E-state index in [9.17, 15) is 9.59 Å². The normalized spacial score (nSPS) is 10.7. The number of rotatable bonds is 8. The number of carbonyl (C=O) groups is 2. The lowest BCUT2D eigenvalue weighted by Gasteiger charge is -2.09. The number of benzene rings is 3. The first-order chi connectivity index (χ1) is 14.0. The summed E-state index contributed by atoms with van der Waals surface area (Å²) in [6.07, 6.45) is 2.50. The van der Waals surface area contributed by atoms with Crippen molar-refractivity contribution in [3.63, 3.8) is 0 Å². The van der Waals surface area contributed by atoms with Crippen molar-refractivity contribution in [3.8, 4) is 0 Å². The van der Waals surface area contributed by atoms with E-state index in [0.717, 1.165) is 21.9 Å². The van der Waals surface area contributed by atoms with Crippen LogP contribution >= 0.6 is 0 Å². The van der Waals surface area contributed by atoms with Crippen LogP contribution in [0.3, 0.4) is 0 Å². The van der Waals surface area contributed by atoms with E-state index in [1.807, 2.05) is 0 Å². The molecule has 0 fully saturated rings. The molecule has 4 nitrogen and oxygen atoms in total. The molecule has 148 valence electrons. The van der Waals surface area contributed by atoms with Crippen LogP contribution in [-0.2, 0) is 31.9 Å². The molecule has 0 amide bonds. The quantitative estimate of drug-likeness (QED) is 0.312. The van der Waals surface area contributed by atoms with Crippen LogP contribution in [-0.4, -0.2) is 25.2 Å². The number of fused-ring (bicyclic) bond motifs is 3. The van der Waals surface area contributed by atoms with E-state index in [2.05, 4.69) is 61.7 Å². The average Bonchev–Trinajstić information content (AvgIpc) is 2.72. The maximum Gasteiger partial charge on any atom is 0.333 e. The molecule has 0 atom stereocenters. The molecule has 29 heavy (non-hydrogen) atoms. The Kier molecular flexibility index (Phi) is 6.45. The Morgan fingerprint density at radius 1 is 0.862 bits per heavy atom. The molecule has 0 aliphatic rings. The van der Waals surface area contributed by atoms with E-state index < -0.39 is 5.97 Å². The van der Waals surface area contributed by atoms with Gasteiger partial charge in [0.05, 0.1) is 13.2 Å². The fraction of sp³-hybridized carbons (Fsp3) is 0.200. The van der Waals surface area contributed by atoms with Gasteiger partial charge in [0.1, 0.15) is 0 Å². The molecule has 0 heterocycles. The van der Waals surface area contributed by atoms with E-state index >= 15 is 0 Å². The van der Waals surface area contributed by atoms with Gasteiger partial charge in [-0.3, -0.25) is 0 Å². The maximum atomic E-state index is 11.5. The van der Waals surface area contributed by atoms with Gasteiger partial charge in [0.25, 0.3) is 0 Å². The van der Waals surface area contributed by atoms with Crippen LogP contribution in [0, 0.1) is 0 Å². The van der Waals surface area contributed by atoms with Gasteiger partial charge in [-0.25, -0.2) is 9.59 Å². The SMILES string of the molecule is C=CC(=O)OCCc1ccc2c(ccc3cc(CCOC(=O)C(=C)C)ccc32)c1. The van der Waals surface area contributed by atoms with Crippen LogP contribution in [0.25, 0.3) is 21.5 Å². The van der Waals surface area contributed by atoms with Crippen LogP contribution in [0.4, 0.5) is 0 Å². The van der Waals surface area contributed by atoms with Gasteiger partial charge < -0.3 is 9.47 Å². The number of hydrogen-bond donors (Lipinski definition) is 0. The lowest BCUT2D eigenvalue weighted by atomic mass is 9.97. The van der Waals surface area contributed by atoms with Gasteiger partial charge in [0, 0.05) is 24.5 Å². The van der Waals surface area contributed by atoms with Crippen molar-refractivity contribution in [2.24, 2.45) is 0 Å². The topological polar surface area (TPSA) is 52.6 Å². The fourth-order valence-electron chi connectivity index (χ4n) is 3.19. The number of ether oxygens (including phenoxy) is 2. The number of esters is 2. The molecule has 3 aromatic carbocycles. The van der Waals surface area contributed by atoms with Crippen LogP contribution in [0.5, 0.6) is 0 Å². The molecule has 4 heteroatoms. The summed E-state index contributed by atoms with van der Waals surface area (Å²) in [6, 6.07) is 16.8. The van der Waals surface area contributed by atoms with E-state index in [-0.39, 0.29) is 5.97 Å². The summed E-state index contributed by atoms with van der Waals surface area (Å²) in [5.41, 5.74) is 2.64. The van der Waals surface area contributed by atoms with Crippen molar-refractivity contribution >= 4 is 33.5 Å². The highest BCUT2D eigenvalue weighted by Gasteiger charge is 2.06. The van der Waals surface area contributed by atoms with Crippen molar-refractivity contribution in [3.05, 3.63) is 84.5 Å². The Bertz CT molecular complexity index is 1090. The molecule has 0 saturated heterocycles. The van der Waals surface area contributed by atoms with Gasteiger partial charge in [-0.15, -0.1) is 0 Å². The third-order valence-electron chi connectivity index (χ3n) is 4.74. The van der Waals surface area contributed by atoms with Crippen molar-refractivity contribution in [1.29, 1.82) is 0 Å². The first-order valence-corrected chi connectivity index (χ1v) is 9.54. The van der Waals surface area contributed by atoms with Gasteiger partial charge in [-0.1, -0.05) is 61.7 Å². The third-order valence-corrected chi connectivity index (χ3v) is 4.74. The Morgan fingerprint density at radius 3 is 1.86 bits per heavy atom. The van der Waals surface area contributed by atoms with Gasteiger partial charge in [-0.05, 0) is 39.6 Å². The molecule has 3 rings (SSSR count). The molecule has 0 unspecified atom stereocenters. The summed E-state index contributed by atoms with van der Waals surface area (Å²) in [5.74, 6) is -0.756. The summed E-state index contributed by atoms with van der Waals surface area (Å²) >= 11 is 0. The summed E-state index contributed by atoms with van der Waals surface area (Å²) in [4.78, 5) is 22.6. The van der Waals surface area contributed by atoms with E-state index in [1.54, 1.807) is 6.92 Å². The van der Waals surface area contributed by atoms with Crippen LogP contribution in [0.2, 0.25) is 0 Å². The second-order valence-corrected chi connectivity index (χ2v) is 6.96. The Hall–Kier alpha value is -3.40. The molecule has 0 spiro atoms. The van der Waals surface area contributed by atoms with Gasteiger partial charge >= 0.3 is 11.9 Å². The summed E-state index contributed by atoms with van der Waals surface area (Å²) in [7, 11) is 0. The first kappa shape index (κ1) is 20.3. The van der Waals surface area contributed by atoms with E-state index in [1.165, 1.54) is 16.8 Å². The van der Waals surface area contributed by atoms with Gasteiger partial charge in [0.2, 0.25) is 0 Å². The van der Waals surface area contributed by atoms with Crippen molar-refractivity contribution in [1.82, 2.24) is 0 Å². The summed E-state index contributed by atoms with van der Waals surface area (Å²) in [5, 5.41) is 4.64. The monoisotopic (exact) mass is 388 g/mol. The zero-order chi connectivity index (χ0) is 20.8. The van der Waals surface area contributed by atoms with Crippen LogP contribution < -0.4 is 0 Å². The molecule has 0 aliphatic heterocycles. The minimum Gasteiger partial charge on any atom is -0.462 e. The highest BCUT2D eigenvalue weighted by Crippen LogP contribution is 2.27. The molecule has 0 aliphatic carbocycles. The largest absolute Gasteiger partial charge is 0.462 e. The molecule has 0 saturated carbocycles. The smallest absolute Gasteiger partial charge is 0.333 e. The maximum absolute atomic E-state index is 11.5. The Balaban J connectivity index is 1.73. The predicted octanol–water partition coefficient (Wildman–Crippen LogP) is 4.93. The Morgan fingerprint density at radius 2 is 1.38 bits per heavy atom. The van der Waals surface area contributed by atoms with Gasteiger partial charge in [0.15, 0.2) is 0 Å². The zero-order valence-electron chi connectivity index (χ0n) is 16.6. The second-order valence-electron chi connectivity index (χ2n) is 6.96. The molecular weight excluding hydrogens is 364 g/mol. The number of hydrogen-bond acceptors (Lipinski definition) is 4. The molecular formula is C25H24O4. The average molecular weight is 388 g/mol. The lowest BCUT2D eigenvalue weighted by molar-refractivity contribution is -0.139. The summed E-state index contributed by atoms with van der Waals surface area (Å²) in [6.45, 7) is 9.29. The van der Waals surface area contributed by atoms with Crippen molar-refractivity contribution in [2.75, 3.05) is 13.2 Å². The van der Waals surface area contributed by atoms with Crippen LogP contribution in [0.15, 0.2) is 73.3 Å². The first-order valence-electron chi connectivity index (χ1n) is 9.54. The molecule has 3 aromatic rings. The molecule has 0 aromatic heterocycles. The standard InChI is InChI=1S/C25H24O4/c1-4-24(26)28-13-11-18-5-9-22-20(15-18)7-8-21-16-19(6-10-23(21)22)12-14-29-25(27)17(2)3/h4-10,15-16H,1-2,11-14H2,3H3. The highest BCUT2D eigenvalue weighted by atomic mass is 16.5. The molecule has 0 N–H and O–H groups in total. The van der Waals surface area contributed by atoms with Gasteiger partial charge in [-0.2, -0.15) is 0 Å². The van der Waals surface area contributed by atoms with Crippen molar-refractivity contribution < 1.29 is 19.1 Å².